The molecule has 1 aliphatic rings. The van der Waals surface area contributed by atoms with Gasteiger partial charge in [0.05, 0.1) is 12.8 Å². The van der Waals surface area contributed by atoms with Crippen LogP contribution in [0.25, 0.3) is 22.4 Å². The number of benzene rings is 3. The Bertz CT molecular complexity index is 1380. The molecule has 0 bridgehead atoms. The Kier molecular flexibility index (Phi) is 7.67. The Morgan fingerprint density at radius 1 is 0.921 bits per heavy atom. The average Bonchev–Trinajstić information content (AvgIpc) is 3.36. The summed E-state index contributed by atoms with van der Waals surface area (Å²) in [6.07, 6.45) is 3.04. The fourth-order valence-corrected chi connectivity index (χ4v) is 4.88. The normalized spacial score (nSPS) is 13.9. The lowest BCUT2D eigenvalue weighted by Crippen LogP contribution is -2.38. The zero-order valence-corrected chi connectivity index (χ0v) is 21.1. The van der Waals surface area contributed by atoms with Crippen LogP contribution in [0.3, 0.4) is 0 Å². The summed E-state index contributed by atoms with van der Waals surface area (Å²) in [5, 5.41) is 4.57. The number of halogens is 2. The van der Waals surface area contributed by atoms with Crippen LogP contribution in [-0.2, 0) is 11.3 Å². The summed E-state index contributed by atoms with van der Waals surface area (Å²) in [7, 11) is 0. The topological polar surface area (TPSA) is 56.6 Å². The van der Waals surface area contributed by atoms with Crippen molar-refractivity contribution in [2.45, 2.75) is 32.3 Å². The summed E-state index contributed by atoms with van der Waals surface area (Å²) in [5.41, 5.74) is 4.74. The molecule has 0 spiro atoms. The third-order valence-electron chi connectivity index (χ3n) is 6.76. The second-order valence-electron chi connectivity index (χ2n) is 9.28. The molecule has 2 heterocycles. The van der Waals surface area contributed by atoms with Crippen molar-refractivity contribution in [2.75, 3.05) is 19.7 Å². The molecule has 4 aromatic rings. The molecule has 0 atom stereocenters. The molecule has 0 aliphatic carbocycles. The van der Waals surface area contributed by atoms with Gasteiger partial charge in [0, 0.05) is 30.3 Å². The van der Waals surface area contributed by atoms with Gasteiger partial charge in [0.1, 0.15) is 23.9 Å². The molecular weight excluding hydrogens is 488 g/mol. The minimum Gasteiger partial charge on any atom is -0.450 e. The highest BCUT2D eigenvalue weighted by Crippen LogP contribution is 2.37. The van der Waals surface area contributed by atoms with E-state index in [0.717, 1.165) is 41.3 Å². The van der Waals surface area contributed by atoms with Gasteiger partial charge in [-0.25, -0.2) is 13.6 Å². The molecule has 6 nitrogen and oxygen atoms in total. The van der Waals surface area contributed by atoms with Crippen LogP contribution in [0.15, 0.2) is 79.0 Å². The van der Waals surface area contributed by atoms with Crippen molar-refractivity contribution in [3.05, 3.63) is 102 Å². The van der Waals surface area contributed by atoms with Crippen LogP contribution in [-0.4, -0.2) is 40.6 Å². The van der Waals surface area contributed by atoms with Gasteiger partial charge in [0.25, 0.3) is 0 Å². The molecule has 1 saturated heterocycles. The largest absolute Gasteiger partial charge is 0.450 e. The molecule has 3 aromatic carbocycles. The maximum Gasteiger partial charge on any atom is 0.409 e. The van der Waals surface area contributed by atoms with Crippen molar-refractivity contribution in [2.24, 2.45) is 0 Å². The monoisotopic (exact) mass is 517 g/mol. The van der Waals surface area contributed by atoms with Crippen LogP contribution >= 0.6 is 0 Å². The van der Waals surface area contributed by atoms with Crippen molar-refractivity contribution in [3.63, 3.8) is 0 Å². The Morgan fingerprint density at radius 3 is 2.34 bits per heavy atom. The molecule has 0 N–H and O–H groups in total. The second-order valence-corrected chi connectivity index (χ2v) is 9.28. The molecule has 0 unspecified atom stereocenters. The third kappa shape index (κ3) is 5.69. The highest BCUT2D eigenvalue weighted by molar-refractivity contribution is 5.73. The molecule has 196 valence electrons. The summed E-state index contributed by atoms with van der Waals surface area (Å²) in [6, 6.07) is 20.8. The Morgan fingerprint density at radius 2 is 1.63 bits per heavy atom. The summed E-state index contributed by atoms with van der Waals surface area (Å²) >= 11 is 0. The first-order chi connectivity index (χ1) is 18.5. The lowest BCUT2D eigenvalue weighted by Gasteiger charge is -2.31. The maximum atomic E-state index is 13.9. The van der Waals surface area contributed by atoms with Crippen molar-refractivity contribution in [3.8, 4) is 22.4 Å². The Balaban J connectivity index is 1.48. The fourth-order valence-electron chi connectivity index (χ4n) is 4.88. The fraction of sp³-hybridized carbons (Fsp3) is 0.267. The van der Waals surface area contributed by atoms with Crippen LogP contribution in [0.2, 0.25) is 0 Å². The van der Waals surface area contributed by atoms with Crippen molar-refractivity contribution < 1.29 is 23.1 Å². The first kappa shape index (κ1) is 25.4. The molecule has 0 saturated carbocycles. The summed E-state index contributed by atoms with van der Waals surface area (Å²) in [6.45, 7) is 3.64. The number of carbonyl (C=O) groups is 1. The van der Waals surface area contributed by atoms with E-state index in [1.165, 1.54) is 17.0 Å². The van der Waals surface area contributed by atoms with Crippen molar-refractivity contribution >= 4 is 6.09 Å². The van der Waals surface area contributed by atoms with Crippen LogP contribution < -0.4 is 4.84 Å². The van der Waals surface area contributed by atoms with E-state index in [1.54, 1.807) is 11.8 Å². The number of hydrogen-bond acceptors (Lipinski definition) is 4. The number of aromatic nitrogens is 2. The lowest BCUT2D eigenvalue weighted by molar-refractivity contribution is 0.0733. The van der Waals surface area contributed by atoms with Crippen molar-refractivity contribution in [1.29, 1.82) is 0 Å². The SMILES string of the molecule is CCOC(=O)N1CCC(c2cnn(OCc3ccccc3)c2-c2cccc(-c3cc(F)cc(F)c3)c2)CC1. The molecule has 1 aromatic heterocycles. The zero-order valence-electron chi connectivity index (χ0n) is 21.1. The molecule has 38 heavy (non-hydrogen) atoms. The molecule has 1 amide bonds. The predicted octanol–water partition coefficient (Wildman–Crippen LogP) is 6.46. The number of carbonyl (C=O) groups excluding carboxylic acids is 1. The molecule has 8 heteroatoms. The van der Waals surface area contributed by atoms with E-state index in [1.807, 2.05) is 60.8 Å². The molecular formula is C30H29F2N3O3. The number of rotatable bonds is 7. The maximum absolute atomic E-state index is 13.9. The Labute approximate surface area is 220 Å². The van der Waals surface area contributed by atoms with E-state index in [2.05, 4.69) is 5.10 Å². The van der Waals surface area contributed by atoms with Gasteiger partial charge in [-0.3, -0.25) is 0 Å². The van der Waals surface area contributed by atoms with Gasteiger partial charge in [0.2, 0.25) is 0 Å². The number of amides is 1. The van der Waals surface area contributed by atoms with E-state index in [4.69, 9.17) is 9.57 Å². The van der Waals surface area contributed by atoms with Gasteiger partial charge in [-0.1, -0.05) is 53.4 Å². The van der Waals surface area contributed by atoms with Gasteiger partial charge in [-0.15, -0.1) is 5.10 Å². The first-order valence-electron chi connectivity index (χ1n) is 12.8. The predicted molar refractivity (Wildman–Crippen MR) is 140 cm³/mol. The Hall–Kier alpha value is -4.20. The number of hydrogen-bond donors (Lipinski definition) is 0. The second kappa shape index (κ2) is 11.5. The van der Waals surface area contributed by atoms with E-state index in [0.29, 0.717) is 37.4 Å². The summed E-state index contributed by atoms with van der Waals surface area (Å²) in [5.74, 6) is -1.11. The van der Waals surface area contributed by atoms with E-state index in [-0.39, 0.29) is 12.0 Å². The zero-order chi connectivity index (χ0) is 26.5. The van der Waals surface area contributed by atoms with Crippen LogP contribution in [0.1, 0.15) is 36.8 Å². The quantitative estimate of drug-likeness (QED) is 0.282. The first-order valence-corrected chi connectivity index (χ1v) is 12.8. The minimum atomic E-state index is -0.629. The molecule has 1 fully saturated rings. The molecule has 1 aliphatic heterocycles. The third-order valence-corrected chi connectivity index (χ3v) is 6.76. The summed E-state index contributed by atoms with van der Waals surface area (Å²) < 4.78 is 33.1. The van der Waals surface area contributed by atoms with Crippen molar-refractivity contribution in [1.82, 2.24) is 14.8 Å². The highest BCUT2D eigenvalue weighted by Gasteiger charge is 2.29. The molecule has 0 radical (unpaired) electrons. The average molecular weight is 518 g/mol. The van der Waals surface area contributed by atoms with E-state index < -0.39 is 11.6 Å². The highest BCUT2D eigenvalue weighted by atomic mass is 19.1. The standard InChI is InChI=1S/C30H29F2N3O3/c1-2-37-30(36)34-13-11-22(12-14-34)28-19-33-35(38-20-21-7-4-3-5-8-21)29(28)24-10-6-9-23(15-24)25-16-26(31)18-27(32)17-25/h3-10,15-19,22H,2,11-14,20H2,1H3. The van der Waals surface area contributed by atoms with E-state index >= 15 is 0 Å². The van der Waals surface area contributed by atoms with Crippen LogP contribution in [0.5, 0.6) is 0 Å². The number of nitrogens with zero attached hydrogens (tertiary/aromatic N) is 3. The van der Waals surface area contributed by atoms with Crippen LogP contribution in [0, 0.1) is 11.6 Å². The smallest absolute Gasteiger partial charge is 0.409 e. The lowest BCUT2D eigenvalue weighted by atomic mass is 9.88. The molecule has 5 rings (SSSR count). The van der Waals surface area contributed by atoms with Gasteiger partial charge < -0.3 is 14.5 Å². The number of ether oxygens (including phenoxy) is 1. The van der Waals surface area contributed by atoms with Gasteiger partial charge in [-0.2, -0.15) is 0 Å². The summed E-state index contributed by atoms with van der Waals surface area (Å²) in [4.78, 5) is 21.6. The van der Waals surface area contributed by atoms with Crippen LogP contribution in [0.4, 0.5) is 13.6 Å². The van der Waals surface area contributed by atoms with Gasteiger partial charge in [0.15, 0.2) is 0 Å². The van der Waals surface area contributed by atoms with Gasteiger partial charge in [-0.05, 0) is 60.6 Å². The minimum absolute atomic E-state index is 0.153. The van der Waals surface area contributed by atoms with E-state index in [9.17, 15) is 13.6 Å². The number of likely N-dealkylation sites (tertiary alicyclic amines) is 1. The van der Waals surface area contributed by atoms with Gasteiger partial charge >= 0.3 is 6.09 Å². The number of piperidine rings is 1.